The van der Waals surface area contributed by atoms with Crippen LogP contribution in [0.3, 0.4) is 0 Å². The van der Waals surface area contributed by atoms with Crippen molar-refractivity contribution in [3.8, 4) is 17.1 Å². The van der Waals surface area contributed by atoms with E-state index in [-0.39, 0.29) is 28.9 Å². The topological polar surface area (TPSA) is 95.1 Å². The van der Waals surface area contributed by atoms with E-state index < -0.39 is 29.1 Å². The highest BCUT2D eigenvalue weighted by Gasteiger charge is 2.71. The standard InChI is InChI=1S/C28H21F6N5O3/c1-16-12-17(26(41,27(29,30)31)28(32,33)34)4-9-23(16)39-24(13-18-5-7-20(42-2)15-35-18)37-22-8-6-19(14-21(22)25(39)40)38-11-3-10-36-38/h3-12,14-15,41H,13H2,1-2H3. The third kappa shape index (κ3) is 4.87. The second-order valence-corrected chi connectivity index (χ2v) is 9.39. The Morgan fingerprint density at radius 3 is 2.29 bits per heavy atom. The molecule has 8 nitrogen and oxygen atoms in total. The van der Waals surface area contributed by atoms with Crippen molar-refractivity contribution in [2.45, 2.75) is 31.3 Å². The van der Waals surface area contributed by atoms with Crippen molar-refractivity contribution < 1.29 is 36.2 Å². The average molecular weight is 589 g/mol. The molecule has 5 aromatic rings. The predicted molar refractivity (Wildman–Crippen MR) is 139 cm³/mol. The average Bonchev–Trinajstić information content (AvgIpc) is 3.47. The number of alkyl halides is 6. The van der Waals surface area contributed by atoms with Gasteiger partial charge in [-0.2, -0.15) is 31.4 Å². The highest BCUT2D eigenvalue weighted by Crippen LogP contribution is 2.50. The Morgan fingerprint density at radius 1 is 0.976 bits per heavy atom. The number of ether oxygens (including phenoxy) is 1. The Labute approximate surface area is 233 Å². The largest absolute Gasteiger partial charge is 0.495 e. The summed E-state index contributed by atoms with van der Waals surface area (Å²) in [5, 5.41) is 14.2. The van der Waals surface area contributed by atoms with Gasteiger partial charge in [0.1, 0.15) is 11.6 Å². The molecule has 2 aromatic carbocycles. The molecule has 0 saturated carbocycles. The summed E-state index contributed by atoms with van der Waals surface area (Å²) < 4.78 is 89.0. The number of rotatable bonds is 6. The molecular weight excluding hydrogens is 568 g/mol. The van der Waals surface area contributed by atoms with E-state index in [1.807, 2.05) is 0 Å². The second kappa shape index (κ2) is 10.3. The van der Waals surface area contributed by atoms with E-state index in [0.717, 1.165) is 10.6 Å². The van der Waals surface area contributed by atoms with Crippen molar-refractivity contribution in [1.82, 2.24) is 24.3 Å². The van der Waals surface area contributed by atoms with Crippen LogP contribution in [-0.4, -0.2) is 48.9 Å². The lowest BCUT2D eigenvalue weighted by Crippen LogP contribution is -2.54. The molecule has 218 valence electrons. The molecule has 0 unspecified atom stereocenters. The van der Waals surface area contributed by atoms with Crippen LogP contribution in [0.1, 0.15) is 22.6 Å². The lowest BCUT2D eigenvalue weighted by molar-refractivity contribution is -0.376. The monoisotopic (exact) mass is 589 g/mol. The molecule has 3 heterocycles. The minimum absolute atomic E-state index is 0.0215. The number of pyridine rings is 1. The minimum Gasteiger partial charge on any atom is -0.495 e. The molecule has 14 heteroatoms. The fourth-order valence-electron chi connectivity index (χ4n) is 4.57. The first-order valence-electron chi connectivity index (χ1n) is 12.3. The van der Waals surface area contributed by atoms with E-state index in [1.54, 1.807) is 42.7 Å². The smallest absolute Gasteiger partial charge is 0.430 e. The van der Waals surface area contributed by atoms with Gasteiger partial charge >= 0.3 is 12.4 Å². The second-order valence-electron chi connectivity index (χ2n) is 9.39. The van der Waals surface area contributed by atoms with Gasteiger partial charge in [0.25, 0.3) is 11.2 Å². The van der Waals surface area contributed by atoms with Crippen molar-refractivity contribution in [3.63, 3.8) is 0 Å². The van der Waals surface area contributed by atoms with Crippen LogP contribution in [0.4, 0.5) is 26.3 Å². The SMILES string of the molecule is COc1ccc(Cc2nc3ccc(-n4cccn4)cc3c(=O)n2-c2ccc(C(O)(C(F)(F)F)C(F)(F)F)cc2C)nc1. The maximum Gasteiger partial charge on any atom is 0.430 e. The van der Waals surface area contributed by atoms with Crippen molar-refractivity contribution >= 4 is 10.9 Å². The van der Waals surface area contributed by atoms with Crippen LogP contribution in [0.25, 0.3) is 22.3 Å². The molecule has 3 aromatic heterocycles. The summed E-state index contributed by atoms with van der Waals surface area (Å²) in [7, 11) is 1.46. The van der Waals surface area contributed by atoms with Crippen LogP contribution in [0.5, 0.6) is 5.75 Å². The Balaban J connectivity index is 1.73. The zero-order chi connectivity index (χ0) is 30.4. The summed E-state index contributed by atoms with van der Waals surface area (Å²) in [5.74, 6) is 0.594. The first-order valence-corrected chi connectivity index (χ1v) is 12.3. The summed E-state index contributed by atoms with van der Waals surface area (Å²) in [5.41, 5.74) is -6.08. The summed E-state index contributed by atoms with van der Waals surface area (Å²) in [6, 6.07) is 11.7. The van der Waals surface area contributed by atoms with Gasteiger partial charge in [-0.1, -0.05) is 12.1 Å². The van der Waals surface area contributed by atoms with Gasteiger partial charge in [0.15, 0.2) is 0 Å². The fraction of sp³-hybridized carbons (Fsp3) is 0.214. The summed E-state index contributed by atoms with van der Waals surface area (Å²) in [6.45, 7) is 1.23. The predicted octanol–water partition coefficient (Wildman–Crippen LogP) is 5.19. The molecule has 0 saturated heterocycles. The number of aliphatic hydroxyl groups is 1. The van der Waals surface area contributed by atoms with E-state index in [0.29, 0.717) is 34.8 Å². The van der Waals surface area contributed by atoms with Gasteiger partial charge in [0.05, 0.1) is 35.6 Å². The number of fused-ring (bicyclic) bond motifs is 1. The molecule has 0 radical (unpaired) electrons. The van der Waals surface area contributed by atoms with Crippen LogP contribution >= 0.6 is 0 Å². The van der Waals surface area contributed by atoms with Gasteiger partial charge in [-0.05, 0) is 55.0 Å². The van der Waals surface area contributed by atoms with Crippen LogP contribution in [-0.2, 0) is 12.0 Å². The number of hydrogen-bond acceptors (Lipinski definition) is 6. The number of methoxy groups -OCH3 is 1. The number of aryl methyl sites for hydroxylation is 1. The molecule has 0 aliphatic rings. The number of benzene rings is 2. The van der Waals surface area contributed by atoms with E-state index in [2.05, 4.69) is 15.1 Å². The summed E-state index contributed by atoms with van der Waals surface area (Å²) >= 11 is 0. The van der Waals surface area contributed by atoms with Crippen molar-refractivity contribution in [1.29, 1.82) is 0 Å². The molecular formula is C28H21F6N5O3. The molecule has 0 spiro atoms. The van der Waals surface area contributed by atoms with Gasteiger partial charge in [0.2, 0.25) is 0 Å². The third-order valence-corrected chi connectivity index (χ3v) is 6.74. The molecule has 0 aliphatic heterocycles. The number of halogens is 6. The Kier molecular flexibility index (Phi) is 7.05. The normalized spacial score (nSPS) is 12.6. The highest BCUT2D eigenvalue weighted by atomic mass is 19.4. The van der Waals surface area contributed by atoms with Crippen LogP contribution < -0.4 is 10.3 Å². The molecule has 0 fully saturated rings. The zero-order valence-electron chi connectivity index (χ0n) is 21.9. The first-order chi connectivity index (χ1) is 19.7. The van der Waals surface area contributed by atoms with E-state index in [4.69, 9.17) is 4.74 Å². The van der Waals surface area contributed by atoms with E-state index in [9.17, 15) is 36.2 Å². The molecule has 42 heavy (non-hydrogen) atoms. The van der Waals surface area contributed by atoms with Gasteiger partial charge in [-0.15, -0.1) is 0 Å². The van der Waals surface area contributed by atoms with Crippen LogP contribution in [0.2, 0.25) is 0 Å². The molecule has 0 amide bonds. The summed E-state index contributed by atoms with van der Waals surface area (Å²) in [4.78, 5) is 22.9. The maximum absolute atomic E-state index is 14.0. The van der Waals surface area contributed by atoms with Crippen LogP contribution in [0, 0.1) is 6.92 Å². The number of hydrogen-bond donors (Lipinski definition) is 1. The first kappa shape index (κ1) is 28.8. The molecule has 0 aliphatic carbocycles. The highest BCUT2D eigenvalue weighted by molar-refractivity contribution is 5.80. The van der Waals surface area contributed by atoms with Crippen molar-refractivity contribution in [3.05, 3.63) is 106 Å². The molecule has 5 rings (SSSR count). The fourth-order valence-corrected chi connectivity index (χ4v) is 4.57. The van der Waals surface area contributed by atoms with E-state index >= 15 is 0 Å². The molecule has 1 N–H and O–H groups in total. The van der Waals surface area contributed by atoms with Crippen molar-refractivity contribution in [2.75, 3.05) is 7.11 Å². The zero-order valence-corrected chi connectivity index (χ0v) is 21.9. The summed E-state index contributed by atoms with van der Waals surface area (Å²) in [6.07, 6.45) is -7.50. The molecule has 0 atom stereocenters. The third-order valence-electron chi connectivity index (χ3n) is 6.74. The van der Waals surface area contributed by atoms with Gasteiger partial charge in [-0.3, -0.25) is 14.3 Å². The van der Waals surface area contributed by atoms with E-state index in [1.165, 1.54) is 31.0 Å². The van der Waals surface area contributed by atoms with Gasteiger partial charge in [0, 0.05) is 30.1 Å². The number of nitrogens with zero attached hydrogens (tertiary/aromatic N) is 5. The molecule has 0 bridgehead atoms. The Hall–Kier alpha value is -4.72. The lowest BCUT2D eigenvalue weighted by Gasteiger charge is -2.33. The van der Waals surface area contributed by atoms with Gasteiger partial charge in [-0.25, -0.2) is 9.67 Å². The quantitative estimate of drug-likeness (QED) is 0.274. The lowest BCUT2D eigenvalue weighted by atomic mass is 9.90. The van der Waals surface area contributed by atoms with Crippen LogP contribution in [0.15, 0.2) is 78.0 Å². The number of aromatic nitrogens is 5. The van der Waals surface area contributed by atoms with Crippen molar-refractivity contribution in [2.24, 2.45) is 0 Å². The maximum atomic E-state index is 14.0. The Bertz CT molecular complexity index is 1800. The van der Waals surface area contributed by atoms with Gasteiger partial charge < -0.3 is 9.84 Å². The Morgan fingerprint density at radius 2 is 1.71 bits per heavy atom. The minimum atomic E-state index is -6.06.